The fraction of sp³-hybridized carbons (Fsp3) is 0.300. The van der Waals surface area contributed by atoms with E-state index >= 15 is 0 Å². The van der Waals surface area contributed by atoms with Crippen LogP contribution >= 0.6 is 24.0 Å². The lowest BCUT2D eigenvalue weighted by atomic mass is 10.1. The van der Waals surface area contributed by atoms with Gasteiger partial charge >= 0.3 is 0 Å². The highest BCUT2D eigenvalue weighted by molar-refractivity contribution is 14.0. The predicted molar refractivity (Wildman–Crippen MR) is 118 cm³/mol. The molecule has 146 valence electrons. The Labute approximate surface area is 176 Å². The summed E-state index contributed by atoms with van der Waals surface area (Å²) in [4.78, 5) is 16.1. The Hall–Kier alpha value is -2.16. The van der Waals surface area contributed by atoms with Crippen LogP contribution in [0.25, 0.3) is 0 Å². The summed E-state index contributed by atoms with van der Waals surface area (Å²) in [6, 6.07) is 14.1. The van der Waals surface area contributed by atoms with Crippen molar-refractivity contribution in [1.29, 1.82) is 0 Å². The van der Waals surface area contributed by atoms with Crippen LogP contribution in [0.1, 0.15) is 16.7 Å². The molecule has 0 aliphatic carbocycles. The summed E-state index contributed by atoms with van der Waals surface area (Å²) >= 11 is 0. The second-order valence-corrected chi connectivity index (χ2v) is 5.93. The minimum Gasteiger partial charge on any atom is -0.355 e. The SMILES string of the molecule is CN=C(NCCNC(=O)Cc1ccc(F)cc1)NCc1ccccc1C.I. The van der Waals surface area contributed by atoms with Crippen LogP contribution in [-0.4, -0.2) is 32.0 Å². The van der Waals surface area contributed by atoms with E-state index in [1.165, 1.54) is 23.3 Å². The maximum absolute atomic E-state index is 12.8. The molecule has 2 aromatic rings. The van der Waals surface area contributed by atoms with Crippen LogP contribution < -0.4 is 16.0 Å². The second kappa shape index (κ2) is 12.3. The standard InChI is InChI=1S/C20H25FN4O.HI/c1-15-5-3-4-6-17(15)14-25-20(22-2)24-12-11-23-19(26)13-16-7-9-18(21)10-8-16;/h3-10H,11-14H2,1-2H3,(H,23,26)(H2,22,24,25);1H. The zero-order valence-electron chi connectivity index (χ0n) is 15.6. The summed E-state index contributed by atoms with van der Waals surface area (Å²) in [6.07, 6.45) is 0.237. The summed E-state index contributed by atoms with van der Waals surface area (Å²) in [7, 11) is 1.71. The minimum absolute atomic E-state index is 0. The molecule has 0 saturated carbocycles. The van der Waals surface area contributed by atoms with Crippen LogP contribution in [0, 0.1) is 12.7 Å². The largest absolute Gasteiger partial charge is 0.355 e. The van der Waals surface area contributed by atoms with Gasteiger partial charge in [0.1, 0.15) is 5.82 Å². The van der Waals surface area contributed by atoms with E-state index in [1.807, 2.05) is 12.1 Å². The quantitative estimate of drug-likeness (QED) is 0.245. The average molecular weight is 484 g/mol. The fourth-order valence-corrected chi connectivity index (χ4v) is 2.44. The number of hydrogen-bond donors (Lipinski definition) is 3. The molecule has 0 bridgehead atoms. The van der Waals surface area contributed by atoms with Crippen LogP contribution in [0.2, 0.25) is 0 Å². The number of guanidine groups is 1. The van der Waals surface area contributed by atoms with E-state index in [-0.39, 0.29) is 42.1 Å². The van der Waals surface area contributed by atoms with Crippen molar-refractivity contribution in [2.45, 2.75) is 19.9 Å². The number of carbonyl (C=O) groups is 1. The highest BCUT2D eigenvalue weighted by Crippen LogP contribution is 2.06. The Kier molecular flexibility index (Phi) is 10.4. The summed E-state index contributed by atoms with van der Waals surface area (Å²) < 4.78 is 12.8. The van der Waals surface area contributed by atoms with Crippen molar-refractivity contribution < 1.29 is 9.18 Å². The maximum Gasteiger partial charge on any atom is 0.224 e. The number of carbonyl (C=O) groups excluding carboxylic acids is 1. The minimum atomic E-state index is -0.303. The average Bonchev–Trinajstić information content (AvgIpc) is 2.64. The third kappa shape index (κ3) is 8.38. The van der Waals surface area contributed by atoms with Crippen LogP contribution in [0.3, 0.4) is 0 Å². The van der Waals surface area contributed by atoms with Gasteiger partial charge in [-0.2, -0.15) is 0 Å². The highest BCUT2D eigenvalue weighted by Gasteiger charge is 2.04. The Morgan fingerprint density at radius 2 is 1.67 bits per heavy atom. The topological polar surface area (TPSA) is 65.5 Å². The van der Waals surface area contributed by atoms with Crippen LogP contribution in [0.15, 0.2) is 53.5 Å². The van der Waals surface area contributed by atoms with E-state index in [1.54, 1.807) is 19.2 Å². The highest BCUT2D eigenvalue weighted by atomic mass is 127. The van der Waals surface area contributed by atoms with Crippen molar-refractivity contribution in [3.63, 3.8) is 0 Å². The van der Waals surface area contributed by atoms with E-state index in [2.05, 4.69) is 40.0 Å². The summed E-state index contributed by atoms with van der Waals surface area (Å²) in [5, 5.41) is 9.24. The lowest BCUT2D eigenvalue weighted by Crippen LogP contribution is -2.41. The zero-order valence-corrected chi connectivity index (χ0v) is 17.9. The van der Waals surface area contributed by atoms with Gasteiger partial charge in [0.2, 0.25) is 5.91 Å². The number of halogens is 2. The van der Waals surface area contributed by atoms with E-state index in [0.29, 0.717) is 25.6 Å². The molecular formula is C20H26FIN4O. The van der Waals surface area contributed by atoms with Crippen molar-refractivity contribution in [2.75, 3.05) is 20.1 Å². The maximum atomic E-state index is 12.8. The first-order valence-electron chi connectivity index (χ1n) is 8.58. The van der Waals surface area contributed by atoms with Crippen molar-refractivity contribution in [2.24, 2.45) is 4.99 Å². The molecule has 1 amide bonds. The molecule has 7 heteroatoms. The van der Waals surface area contributed by atoms with E-state index in [4.69, 9.17) is 0 Å². The fourth-order valence-electron chi connectivity index (χ4n) is 2.44. The number of benzene rings is 2. The molecule has 0 radical (unpaired) electrons. The van der Waals surface area contributed by atoms with Gasteiger partial charge in [0.25, 0.3) is 0 Å². The van der Waals surface area contributed by atoms with Crippen molar-refractivity contribution in [3.8, 4) is 0 Å². The Balaban J connectivity index is 0.00000364. The van der Waals surface area contributed by atoms with Crippen LogP contribution in [-0.2, 0) is 17.8 Å². The van der Waals surface area contributed by atoms with E-state index in [0.717, 1.165) is 5.56 Å². The summed E-state index contributed by atoms with van der Waals surface area (Å²) in [5.41, 5.74) is 3.22. The van der Waals surface area contributed by atoms with Crippen LogP contribution in [0.5, 0.6) is 0 Å². The molecule has 2 aromatic carbocycles. The number of aryl methyl sites for hydroxylation is 1. The monoisotopic (exact) mass is 484 g/mol. The van der Waals surface area contributed by atoms with Gasteiger partial charge in [-0.05, 0) is 35.7 Å². The Morgan fingerprint density at radius 3 is 2.33 bits per heavy atom. The first-order chi connectivity index (χ1) is 12.6. The summed E-state index contributed by atoms with van der Waals surface area (Å²) in [6.45, 7) is 3.79. The van der Waals surface area contributed by atoms with E-state index < -0.39 is 0 Å². The number of amides is 1. The number of nitrogens with one attached hydrogen (secondary N) is 3. The van der Waals surface area contributed by atoms with Gasteiger partial charge < -0.3 is 16.0 Å². The molecule has 0 aliphatic rings. The van der Waals surface area contributed by atoms with Crippen molar-refractivity contribution in [3.05, 3.63) is 71.0 Å². The number of rotatable bonds is 7. The van der Waals surface area contributed by atoms with Gasteiger partial charge in [0, 0.05) is 26.7 Å². The molecule has 0 atom stereocenters. The number of aliphatic imine (C=N–C) groups is 1. The van der Waals surface area contributed by atoms with Gasteiger partial charge in [-0.15, -0.1) is 24.0 Å². The molecule has 2 rings (SSSR count). The lowest BCUT2D eigenvalue weighted by Gasteiger charge is -2.13. The summed E-state index contributed by atoms with van der Waals surface area (Å²) in [5.74, 6) is 0.283. The molecule has 0 saturated heterocycles. The molecule has 0 aliphatic heterocycles. The molecule has 0 spiro atoms. The Morgan fingerprint density at radius 1 is 1.00 bits per heavy atom. The number of nitrogens with zero attached hydrogens (tertiary/aromatic N) is 1. The smallest absolute Gasteiger partial charge is 0.224 e. The molecule has 0 unspecified atom stereocenters. The van der Waals surface area contributed by atoms with Crippen LogP contribution in [0.4, 0.5) is 4.39 Å². The molecular weight excluding hydrogens is 458 g/mol. The third-order valence-electron chi connectivity index (χ3n) is 3.95. The normalized spacial score (nSPS) is 10.7. The van der Waals surface area contributed by atoms with Gasteiger partial charge in [0.05, 0.1) is 6.42 Å². The zero-order chi connectivity index (χ0) is 18.8. The molecule has 0 fully saturated rings. The predicted octanol–water partition coefficient (Wildman–Crippen LogP) is 2.78. The van der Waals surface area contributed by atoms with Gasteiger partial charge in [0.15, 0.2) is 5.96 Å². The molecule has 5 nitrogen and oxygen atoms in total. The van der Waals surface area contributed by atoms with Gasteiger partial charge in [-0.1, -0.05) is 36.4 Å². The Bertz CT molecular complexity index is 750. The molecule has 27 heavy (non-hydrogen) atoms. The first-order valence-corrected chi connectivity index (χ1v) is 8.58. The second-order valence-electron chi connectivity index (χ2n) is 5.93. The first kappa shape index (κ1) is 22.9. The lowest BCUT2D eigenvalue weighted by molar-refractivity contribution is -0.120. The van der Waals surface area contributed by atoms with Crippen molar-refractivity contribution >= 4 is 35.8 Å². The molecule has 0 aromatic heterocycles. The van der Waals surface area contributed by atoms with Crippen molar-refractivity contribution in [1.82, 2.24) is 16.0 Å². The molecule has 0 heterocycles. The van der Waals surface area contributed by atoms with E-state index in [9.17, 15) is 9.18 Å². The van der Waals surface area contributed by atoms with Gasteiger partial charge in [-0.25, -0.2) is 4.39 Å². The molecule has 3 N–H and O–H groups in total. The van der Waals surface area contributed by atoms with Gasteiger partial charge in [-0.3, -0.25) is 9.79 Å². The third-order valence-corrected chi connectivity index (χ3v) is 3.95. The number of hydrogen-bond acceptors (Lipinski definition) is 2.